The third kappa shape index (κ3) is 2.70. The molecule has 3 heteroatoms. The van der Waals surface area contributed by atoms with Crippen LogP contribution in [-0.4, -0.2) is 12.2 Å². The fourth-order valence-corrected chi connectivity index (χ4v) is 2.52. The second kappa shape index (κ2) is 5.98. The van der Waals surface area contributed by atoms with E-state index in [9.17, 15) is 5.11 Å². The first-order valence-electron chi connectivity index (χ1n) is 7.16. The summed E-state index contributed by atoms with van der Waals surface area (Å²) in [7, 11) is 1.55. The minimum Gasteiger partial charge on any atom is -0.504 e. The highest BCUT2D eigenvalue weighted by Gasteiger charge is 2.11. The van der Waals surface area contributed by atoms with Crippen LogP contribution < -0.4 is 9.47 Å². The predicted octanol–water partition coefficient (Wildman–Crippen LogP) is 4.44. The zero-order chi connectivity index (χ0) is 15.5. The monoisotopic (exact) mass is 294 g/mol. The molecule has 3 rings (SSSR count). The van der Waals surface area contributed by atoms with E-state index in [0.717, 1.165) is 27.6 Å². The van der Waals surface area contributed by atoms with E-state index in [1.807, 2.05) is 55.5 Å². The molecular weight excluding hydrogens is 276 g/mol. The quantitative estimate of drug-likeness (QED) is 0.773. The maximum atomic E-state index is 10.3. The maximum Gasteiger partial charge on any atom is 0.165 e. The first kappa shape index (κ1) is 14.3. The number of phenolic OH excluding ortho intramolecular Hbond substituents is 1. The van der Waals surface area contributed by atoms with Crippen LogP contribution in [0.25, 0.3) is 10.8 Å². The number of hydrogen-bond acceptors (Lipinski definition) is 3. The van der Waals surface area contributed by atoms with Gasteiger partial charge in [0.1, 0.15) is 12.4 Å². The lowest BCUT2D eigenvalue weighted by molar-refractivity contribution is 0.309. The van der Waals surface area contributed by atoms with Gasteiger partial charge in [-0.15, -0.1) is 0 Å². The van der Waals surface area contributed by atoms with E-state index in [-0.39, 0.29) is 5.75 Å². The third-order valence-corrected chi connectivity index (χ3v) is 3.63. The summed E-state index contributed by atoms with van der Waals surface area (Å²) in [5.74, 6) is 1.37. The molecule has 0 aliphatic rings. The van der Waals surface area contributed by atoms with Gasteiger partial charge in [0.15, 0.2) is 11.5 Å². The van der Waals surface area contributed by atoms with Gasteiger partial charge in [-0.25, -0.2) is 0 Å². The zero-order valence-corrected chi connectivity index (χ0v) is 12.7. The molecule has 1 N–H and O–H groups in total. The molecule has 0 heterocycles. The highest BCUT2D eigenvalue weighted by Crippen LogP contribution is 2.39. The number of fused-ring (bicyclic) bond motifs is 1. The molecule has 0 amide bonds. The Morgan fingerprint density at radius 1 is 0.909 bits per heavy atom. The predicted molar refractivity (Wildman–Crippen MR) is 87.7 cm³/mol. The van der Waals surface area contributed by atoms with Crippen LogP contribution in [0.2, 0.25) is 0 Å². The molecule has 3 aromatic carbocycles. The third-order valence-electron chi connectivity index (χ3n) is 3.63. The molecule has 112 valence electrons. The summed E-state index contributed by atoms with van der Waals surface area (Å²) >= 11 is 0. The van der Waals surface area contributed by atoms with Crippen LogP contribution in [0, 0.1) is 6.92 Å². The lowest BCUT2D eigenvalue weighted by atomic mass is 10.0. The average molecular weight is 294 g/mol. The summed E-state index contributed by atoms with van der Waals surface area (Å²) in [6.45, 7) is 2.47. The van der Waals surface area contributed by atoms with Crippen molar-refractivity contribution in [3.05, 3.63) is 65.7 Å². The van der Waals surface area contributed by atoms with Crippen molar-refractivity contribution in [3.63, 3.8) is 0 Å². The summed E-state index contributed by atoms with van der Waals surface area (Å²) < 4.78 is 11.1. The Morgan fingerprint density at radius 3 is 2.41 bits per heavy atom. The van der Waals surface area contributed by atoms with E-state index in [1.165, 1.54) is 0 Å². The number of benzene rings is 3. The number of rotatable bonds is 4. The Morgan fingerprint density at radius 2 is 1.68 bits per heavy atom. The van der Waals surface area contributed by atoms with Gasteiger partial charge in [-0.1, -0.05) is 30.3 Å². The molecule has 3 aromatic rings. The molecular formula is C19H18O3. The lowest BCUT2D eigenvalue weighted by Gasteiger charge is -2.13. The minimum atomic E-state index is 0.147. The lowest BCUT2D eigenvalue weighted by Crippen LogP contribution is -1.96. The molecule has 22 heavy (non-hydrogen) atoms. The molecule has 3 nitrogen and oxygen atoms in total. The van der Waals surface area contributed by atoms with Crippen molar-refractivity contribution in [2.75, 3.05) is 7.11 Å². The molecule has 0 bridgehead atoms. The summed E-state index contributed by atoms with van der Waals surface area (Å²) in [5.41, 5.74) is 2.13. The molecule has 0 spiro atoms. The first-order chi connectivity index (χ1) is 10.7. The van der Waals surface area contributed by atoms with Gasteiger partial charge >= 0.3 is 0 Å². The van der Waals surface area contributed by atoms with E-state index in [2.05, 4.69) is 0 Å². The summed E-state index contributed by atoms with van der Waals surface area (Å²) in [4.78, 5) is 0. The van der Waals surface area contributed by atoms with Gasteiger partial charge in [-0.3, -0.25) is 0 Å². The zero-order valence-electron chi connectivity index (χ0n) is 12.7. The van der Waals surface area contributed by atoms with Crippen molar-refractivity contribution >= 4 is 10.8 Å². The van der Waals surface area contributed by atoms with Gasteiger partial charge in [-0.05, 0) is 42.3 Å². The van der Waals surface area contributed by atoms with Crippen LogP contribution in [0.5, 0.6) is 17.2 Å². The van der Waals surface area contributed by atoms with Gasteiger partial charge < -0.3 is 14.6 Å². The normalized spacial score (nSPS) is 10.6. The molecule has 0 radical (unpaired) electrons. The number of aryl methyl sites for hydroxylation is 1. The van der Waals surface area contributed by atoms with Crippen molar-refractivity contribution in [1.29, 1.82) is 0 Å². The SMILES string of the molecule is COc1ccc2c(OCc3ccccc3)cc(C)cc2c1O. The molecule has 0 saturated heterocycles. The second-order valence-corrected chi connectivity index (χ2v) is 5.25. The molecule has 0 atom stereocenters. The van der Waals surface area contributed by atoms with Gasteiger partial charge in [-0.2, -0.15) is 0 Å². The second-order valence-electron chi connectivity index (χ2n) is 5.25. The van der Waals surface area contributed by atoms with E-state index in [4.69, 9.17) is 9.47 Å². The van der Waals surface area contributed by atoms with Crippen molar-refractivity contribution in [2.24, 2.45) is 0 Å². The van der Waals surface area contributed by atoms with Crippen molar-refractivity contribution in [3.8, 4) is 17.2 Å². The maximum absolute atomic E-state index is 10.3. The van der Waals surface area contributed by atoms with Crippen LogP contribution in [0.1, 0.15) is 11.1 Å². The van der Waals surface area contributed by atoms with Gasteiger partial charge in [0.25, 0.3) is 0 Å². The van der Waals surface area contributed by atoms with Gasteiger partial charge in [0.2, 0.25) is 0 Å². The van der Waals surface area contributed by atoms with Crippen molar-refractivity contribution < 1.29 is 14.6 Å². The fourth-order valence-electron chi connectivity index (χ4n) is 2.52. The highest BCUT2D eigenvalue weighted by atomic mass is 16.5. The largest absolute Gasteiger partial charge is 0.504 e. The Kier molecular flexibility index (Phi) is 3.88. The molecule has 0 saturated carbocycles. The molecule has 0 unspecified atom stereocenters. The number of hydrogen-bond donors (Lipinski definition) is 1. The molecule has 0 fully saturated rings. The van der Waals surface area contributed by atoms with Crippen LogP contribution >= 0.6 is 0 Å². The van der Waals surface area contributed by atoms with Crippen LogP contribution in [0.4, 0.5) is 0 Å². The number of ether oxygens (including phenoxy) is 2. The number of methoxy groups -OCH3 is 1. The summed E-state index contributed by atoms with van der Waals surface area (Å²) in [6, 6.07) is 17.6. The van der Waals surface area contributed by atoms with Crippen LogP contribution in [-0.2, 0) is 6.61 Å². The topological polar surface area (TPSA) is 38.7 Å². The first-order valence-corrected chi connectivity index (χ1v) is 7.16. The van der Waals surface area contributed by atoms with Gasteiger partial charge in [0, 0.05) is 10.8 Å². The van der Waals surface area contributed by atoms with Crippen LogP contribution in [0.3, 0.4) is 0 Å². The smallest absolute Gasteiger partial charge is 0.165 e. The minimum absolute atomic E-state index is 0.147. The molecule has 0 aromatic heterocycles. The standard InChI is InChI=1S/C19H18O3/c1-13-10-16-15(8-9-17(21-2)19(16)20)18(11-13)22-12-14-6-4-3-5-7-14/h3-11,20H,12H2,1-2H3. The Bertz CT molecular complexity index is 795. The summed E-state index contributed by atoms with van der Waals surface area (Å²) in [6.07, 6.45) is 0. The fraction of sp³-hybridized carbons (Fsp3) is 0.158. The number of aromatic hydroxyl groups is 1. The molecule has 0 aliphatic heterocycles. The van der Waals surface area contributed by atoms with Crippen molar-refractivity contribution in [1.82, 2.24) is 0 Å². The van der Waals surface area contributed by atoms with Crippen LogP contribution in [0.15, 0.2) is 54.6 Å². The highest BCUT2D eigenvalue weighted by molar-refractivity contribution is 5.95. The average Bonchev–Trinajstić information content (AvgIpc) is 2.54. The number of phenols is 1. The van der Waals surface area contributed by atoms with E-state index in [0.29, 0.717) is 12.4 Å². The Hall–Kier alpha value is -2.68. The van der Waals surface area contributed by atoms with E-state index >= 15 is 0 Å². The molecule has 0 aliphatic carbocycles. The van der Waals surface area contributed by atoms with E-state index in [1.54, 1.807) is 13.2 Å². The van der Waals surface area contributed by atoms with E-state index < -0.39 is 0 Å². The van der Waals surface area contributed by atoms with Gasteiger partial charge in [0.05, 0.1) is 7.11 Å². The Labute approximate surface area is 129 Å². The Balaban J connectivity index is 2.00. The van der Waals surface area contributed by atoms with Crippen molar-refractivity contribution in [2.45, 2.75) is 13.5 Å². The summed E-state index contributed by atoms with van der Waals surface area (Å²) in [5, 5.41) is 11.9.